The second-order valence-electron chi connectivity index (χ2n) is 4.49. The molecular weight excluding hydrogens is 258 g/mol. The predicted molar refractivity (Wildman–Crippen MR) is 77.3 cm³/mol. The maximum absolute atomic E-state index is 12.3. The first kappa shape index (κ1) is 16.0. The fraction of sp³-hybridized carbons (Fsp3) is 0.615. The molecule has 4 N–H and O–H groups in total. The number of nitrogens with one attached hydrogen (secondary N) is 2. The third-order valence-electron chi connectivity index (χ3n) is 2.96. The van der Waals surface area contributed by atoms with E-state index in [1.54, 1.807) is 0 Å². The lowest BCUT2D eigenvalue weighted by Crippen LogP contribution is -2.40. The van der Waals surface area contributed by atoms with Gasteiger partial charge in [0.1, 0.15) is 0 Å². The molecule has 1 aromatic heterocycles. The molecule has 0 aliphatic carbocycles. The summed E-state index contributed by atoms with van der Waals surface area (Å²) in [6.07, 6.45) is 1.66. The summed E-state index contributed by atoms with van der Waals surface area (Å²) in [6.45, 7) is 6.64. The summed E-state index contributed by atoms with van der Waals surface area (Å²) in [4.78, 5) is 25.3. The zero-order valence-corrected chi connectivity index (χ0v) is 12.3. The van der Waals surface area contributed by atoms with Crippen molar-refractivity contribution in [3.05, 3.63) is 11.4 Å². The molecule has 1 aromatic rings. The molecule has 20 heavy (non-hydrogen) atoms. The monoisotopic (exact) mass is 281 g/mol. The van der Waals surface area contributed by atoms with Crippen LogP contribution in [0.5, 0.6) is 0 Å². The standard InChI is InChI=1S/C13H23N5O2/c1-4-7-9-11(14)12(17-16-9)13(20)18(6-3)8-10(19)15-5-2/h4-8,14H2,1-3H3,(H,15,19)(H,16,17). The SMILES string of the molecule is CCCc1[nH]nc(C(=O)N(CC)CC(=O)NCC)c1N. The minimum atomic E-state index is -0.324. The number of rotatable bonds is 7. The van der Waals surface area contributed by atoms with Gasteiger partial charge in [0.05, 0.1) is 17.9 Å². The molecule has 0 atom stereocenters. The fourth-order valence-electron chi connectivity index (χ4n) is 1.89. The lowest BCUT2D eigenvalue weighted by molar-refractivity contribution is -0.121. The zero-order chi connectivity index (χ0) is 15.1. The Labute approximate surface area is 118 Å². The normalized spacial score (nSPS) is 10.3. The van der Waals surface area contributed by atoms with Crippen molar-refractivity contribution in [2.75, 3.05) is 25.4 Å². The van der Waals surface area contributed by atoms with Crippen LogP contribution in [0.15, 0.2) is 0 Å². The molecule has 0 aromatic carbocycles. The number of nitrogens with two attached hydrogens (primary N) is 1. The molecule has 1 heterocycles. The van der Waals surface area contributed by atoms with E-state index in [2.05, 4.69) is 15.5 Å². The lowest BCUT2D eigenvalue weighted by Gasteiger charge is -2.19. The van der Waals surface area contributed by atoms with E-state index >= 15 is 0 Å². The largest absolute Gasteiger partial charge is 0.395 e. The highest BCUT2D eigenvalue weighted by molar-refractivity contribution is 5.99. The highest BCUT2D eigenvalue weighted by Crippen LogP contribution is 2.17. The highest BCUT2D eigenvalue weighted by atomic mass is 16.2. The number of nitrogens with zero attached hydrogens (tertiary/aromatic N) is 2. The molecule has 0 saturated carbocycles. The molecule has 0 radical (unpaired) electrons. The van der Waals surface area contributed by atoms with Crippen LogP contribution in [-0.2, 0) is 11.2 Å². The summed E-state index contributed by atoms with van der Waals surface area (Å²) in [7, 11) is 0. The number of aryl methyl sites for hydroxylation is 1. The van der Waals surface area contributed by atoms with E-state index in [1.807, 2.05) is 20.8 Å². The molecule has 0 spiro atoms. The molecule has 7 heteroatoms. The van der Waals surface area contributed by atoms with Crippen LogP contribution in [0.1, 0.15) is 43.4 Å². The summed E-state index contributed by atoms with van der Waals surface area (Å²) in [5.41, 5.74) is 7.27. The van der Waals surface area contributed by atoms with Crippen molar-refractivity contribution < 1.29 is 9.59 Å². The van der Waals surface area contributed by atoms with Gasteiger partial charge in [0, 0.05) is 13.1 Å². The molecule has 7 nitrogen and oxygen atoms in total. The number of carbonyl (C=O) groups excluding carboxylic acids is 2. The Hall–Kier alpha value is -2.05. The first-order chi connectivity index (χ1) is 9.54. The van der Waals surface area contributed by atoms with Gasteiger partial charge >= 0.3 is 0 Å². The van der Waals surface area contributed by atoms with Crippen molar-refractivity contribution in [1.29, 1.82) is 0 Å². The van der Waals surface area contributed by atoms with Gasteiger partial charge in [-0.1, -0.05) is 13.3 Å². The number of hydrogen-bond donors (Lipinski definition) is 3. The number of anilines is 1. The first-order valence-corrected chi connectivity index (χ1v) is 6.93. The number of nitrogen functional groups attached to an aromatic ring is 1. The topological polar surface area (TPSA) is 104 Å². The Morgan fingerprint density at radius 3 is 2.60 bits per heavy atom. The van der Waals surface area contributed by atoms with E-state index in [0.29, 0.717) is 18.8 Å². The number of carbonyl (C=O) groups is 2. The molecule has 2 amide bonds. The van der Waals surface area contributed by atoms with E-state index in [4.69, 9.17) is 5.73 Å². The van der Waals surface area contributed by atoms with Crippen LogP contribution in [0.4, 0.5) is 5.69 Å². The number of H-pyrrole nitrogens is 1. The first-order valence-electron chi connectivity index (χ1n) is 6.93. The van der Waals surface area contributed by atoms with Crippen LogP contribution < -0.4 is 11.1 Å². The number of likely N-dealkylation sites (N-methyl/N-ethyl adjacent to an activating group) is 2. The lowest BCUT2D eigenvalue weighted by atomic mass is 10.2. The van der Waals surface area contributed by atoms with Gasteiger partial charge in [0.25, 0.3) is 5.91 Å². The van der Waals surface area contributed by atoms with Crippen LogP contribution in [-0.4, -0.2) is 46.5 Å². The van der Waals surface area contributed by atoms with Crippen molar-refractivity contribution in [2.24, 2.45) is 0 Å². The quantitative estimate of drug-likeness (QED) is 0.678. The van der Waals surface area contributed by atoms with Crippen molar-refractivity contribution in [2.45, 2.75) is 33.6 Å². The predicted octanol–water partition coefficient (Wildman–Crippen LogP) is 0.543. The van der Waals surface area contributed by atoms with Gasteiger partial charge in [-0.3, -0.25) is 14.7 Å². The average molecular weight is 281 g/mol. The van der Waals surface area contributed by atoms with Crippen molar-refractivity contribution >= 4 is 17.5 Å². The van der Waals surface area contributed by atoms with Crippen molar-refractivity contribution in [1.82, 2.24) is 20.4 Å². The molecule has 0 unspecified atom stereocenters. The molecular formula is C13H23N5O2. The molecule has 0 saturated heterocycles. The summed E-state index contributed by atoms with van der Waals surface area (Å²) in [6, 6.07) is 0. The van der Waals surface area contributed by atoms with Crippen LogP contribution in [0.2, 0.25) is 0 Å². The second kappa shape index (κ2) is 7.52. The van der Waals surface area contributed by atoms with E-state index in [-0.39, 0.29) is 24.1 Å². The van der Waals surface area contributed by atoms with Crippen molar-refractivity contribution in [3.8, 4) is 0 Å². The maximum atomic E-state index is 12.3. The van der Waals surface area contributed by atoms with Crippen molar-refractivity contribution in [3.63, 3.8) is 0 Å². The Morgan fingerprint density at radius 1 is 1.35 bits per heavy atom. The van der Waals surface area contributed by atoms with E-state index in [0.717, 1.165) is 18.5 Å². The fourth-order valence-corrected chi connectivity index (χ4v) is 1.89. The van der Waals surface area contributed by atoms with Gasteiger partial charge in [-0.05, 0) is 20.3 Å². The van der Waals surface area contributed by atoms with Gasteiger partial charge in [-0.25, -0.2) is 0 Å². The Morgan fingerprint density at radius 2 is 2.05 bits per heavy atom. The minimum Gasteiger partial charge on any atom is -0.395 e. The number of hydrogen-bond acceptors (Lipinski definition) is 4. The van der Waals surface area contributed by atoms with E-state index in [9.17, 15) is 9.59 Å². The molecule has 0 aliphatic heterocycles. The summed E-state index contributed by atoms with van der Waals surface area (Å²) >= 11 is 0. The van der Waals surface area contributed by atoms with Gasteiger partial charge in [0.15, 0.2) is 5.69 Å². The third kappa shape index (κ3) is 3.72. The second-order valence-corrected chi connectivity index (χ2v) is 4.49. The third-order valence-corrected chi connectivity index (χ3v) is 2.96. The Kier molecular flexibility index (Phi) is 6.02. The highest BCUT2D eigenvalue weighted by Gasteiger charge is 2.23. The number of aromatic amines is 1. The molecule has 1 rings (SSSR count). The molecule has 0 bridgehead atoms. The van der Waals surface area contributed by atoms with Gasteiger partial charge in [-0.15, -0.1) is 0 Å². The molecule has 0 aliphatic rings. The van der Waals surface area contributed by atoms with Crippen LogP contribution in [0, 0.1) is 0 Å². The summed E-state index contributed by atoms with van der Waals surface area (Å²) in [5.74, 6) is -0.513. The summed E-state index contributed by atoms with van der Waals surface area (Å²) < 4.78 is 0. The summed E-state index contributed by atoms with van der Waals surface area (Å²) in [5, 5.41) is 9.44. The smallest absolute Gasteiger partial charge is 0.276 e. The van der Waals surface area contributed by atoms with Gasteiger partial charge < -0.3 is 16.0 Å². The Bertz CT molecular complexity index is 469. The van der Waals surface area contributed by atoms with Crippen LogP contribution in [0.25, 0.3) is 0 Å². The van der Waals surface area contributed by atoms with E-state index < -0.39 is 0 Å². The number of aromatic nitrogens is 2. The van der Waals surface area contributed by atoms with E-state index in [1.165, 1.54) is 4.90 Å². The zero-order valence-electron chi connectivity index (χ0n) is 12.3. The van der Waals surface area contributed by atoms with Gasteiger partial charge in [-0.2, -0.15) is 5.10 Å². The van der Waals surface area contributed by atoms with Gasteiger partial charge in [0.2, 0.25) is 5.91 Å². The molecule has 0 fully saturated rings. The maximum Gasteiger partial charge on any atom is 0.276 e. The van der Waals surface area contributed by atoms with Crippen LogP contribution >= 0.6 is 0 Å². The van der Waals surface area contributed by atoms with Crippen LogP contribution in [0.3, 0.4) is 0 Å². The minimum absolute atomic E-state index is 0.0125. The molecule has 112 valence electrons. The number of amides is 2. The average Bonchev–Trinajstić information content (AvgIpc) is 2.78. The Balaban J connectivity index is 2.83.